The van der Waals surface area contributed by atoms with Gasteiger partial charge in [0.05, 0.1) is 5.41 Å². The average Bonchev–Trinajstić information content (AvgIpc) is 3.24. The quantitative estimate of drug-likeness (QED) is 0.661. The van der Waals surface area contributed by atoms with Gasteiger partial charge in [0.2, 0.25) is 5.91 Å². The minimum absolute atomic E-state index is 0.0291. The first-order valence-corrected chi connectivity index (χ1v) is 11.2. The van der Waals surface area contributed by atoms with Gasteiger partial charge in [0, 0.05) is 29.6 Å². The molecule has 0 unspecified atom stereocenters. The zero-order valence-corrected chi connectivity index (χ0v) is 18.1. The third kappa shape index (κ3) is 4.13. The molecule has 1 N–H and O–H groups in total. The van der Waals surface area contributed by atoms with Crippen molar-refractivity contribution in [2.45, 2.75) is 49.4 Å². The van der Waals surface area contributed by atoms with Crippen molar-refractivity contribution >= 4 is 21.8 Å². The number of hydrogen-bond acceptors (Lipinski definition) is 2. The van der Waals surface area contributed by atoms with Crippen LogP contribution in [0, 0.1) is 5.82 Å². The Kier molecular flexibility index (Phi) is 6.07. The van der Waals surface area contributed by atoms with Crippen LogP contribution in [0.2, 0.25) is 0 Å². The van der Waals surface area contributed by atoms with E-state index < -0.39 is 5.41 Å². The van der Waals surface area contributed by atoms with Crippen LogP contribution in [0.4, 0.5) is 4.39 Å². The van der Waals surface area contributed by atoms with Gasteiger partial charge >= 0.3 is 0 Å². The summed E-state index contributed by atoms with van der Waals surface area (Å²) in [5, 5.41) is 3.28. The zero-order valence-electron chi connectivity index (χ0n) is 16.6. The third-order valence-electron chi connectivity index (χ3n) is 6.74. The summed E-state index contributed by atoms with van der Waals surface area (Å²) < 4.78 is 20.6. The normalized spacial score (nSPS) is 20.3. The van der Waals surface area contributed by atoms with Crippen molar-refractivity contribution in [3.63, 3.8) is 0 Å². The van der Waals surface area contributed by atoms with Gasteiger partial charge in [-0.25, -0.2) is 4.39 Å². The number of rotatable bonds is 5. The molecule has 1 saturated carbocycles. The molecule has 1 heterocycles. The highest BCUT2D eigenvalue weighted by atomic mass is 79.9. The summed E-state index contributed by atoms with van der Waals surface area (Å²) in [5.41, 5.74) is 1.27. The van der Waals surface area contributed by atoms with Crippen LogP contribution >= 0.6 is 15.9 Å². The van der Waals surface area contributed by atoms with Crippen LogP contribution in [0.1, 0.15) is 49.7 Å². The summed E-state index contributed by atoms with van der Waals surface area (Å²) in [5.74, 6) is -0.252. The van der Waals surface area contributed by atoms with E-state index in [9.17, 15) is 9.18 Å². The highest BCUT2D eigenvalue weighted by Gasteiger charge is 2.44. The van der Waals surface area contributed by atoms with E-state index in [-0.39, 0.29) is 17.1 Å². The molecule has 154 valence electrons. The van der Waals surface area contributed by atoms with Crippen molar-refractivity contribution in [2.24, 2.45) is 0 Å². The van der Waals surface area contributed by atoms with Gasteiger partial charge in [0.1, 0.15) is 5.82 Å². The van der Waals surface area contributed by atoms with Crippen LogP contribution in [0.15, 0.2) is 53.0 Å². The van der Waals surface area contributed by atoms with E-state index in [1.54, 1.807) is 6.07 Å². The predicted molar refractivity (Wildman–Crippen MR) is 115 cm³/mol. The fourth-order valence-corrected chi connectivity index (χ4v) is 5.38. The Morgan fingerprint density at radius 3 is 2.38 bits per heavy atom. The van der Waals surface area contributed by atoms with Gasteiger partial charge in [-0.05, 0) is 61.1 Å². The monoisotopic (exact) mass is 459 g/mol. The van der Waals surface area contributed by atoms with Crippen LogP contribution in [0.3, 0.4) is 0 Å². The fourth-order valence-electron chi connectivity index (χ4n) is 4.98. The first-order chi connectivity index (χ1) is 14.0. The molecule has 0 bridgehead atoms. The molecule has 2 aromatic rings. The summed E-state index contributed by atoms with van der Waals surface area (Å²) in [6.45, 7) is 1.96. The molecular weight excluding hydrogens is 433 g/mol. The van der Waals surface area contributed by atoms with Gasteiger partial charge in [0.15, 0.2) is 0 Å². The summed E-state index contributed by atoms with van der Waals surface area (Å²) in [6, 6.07) is 14.9. The lowest BCUT2D eigenvalue weighted by atomic mass is 9.73. The lowest BCUT2D eigenvalue weighted by molar-refractivity contribution is -0.127. The first-order valence-electron chi connectivity index (χ1n) is 10.4. The number of carbonyl (C=O) groups excluding carboxylic acids is 1. The first kappa shape index (κ1) is 20.5. The van der Waals surface area contributed by atoms with Gasteiger partial charge in [-0.15, -0.1) is 0 Å². The Balaban J connectivity index is 1.59. The molecule has 0 aromatic heterocycles. The van der Waals surface area contributed by atoms with Gasteiger partial charge in [-0.1, -0.05) is 53.0 Å². The minimum atomic E-state index is -0.619. The number of benzene rings is 2. The summed E-state index contributed by atoms with van der Waals surface area (Å²) >= 11 is 3.58. The number of hydrogen-bond donors (Lipinski definition) is 1. The SMILES string of the molecule is O=C(NCC1(c2cccc(Br)c2)CCOCC1)C1(c2cccc(F)c2)CCCC1. The van der Waals surface area contributed by atoms with Gasteiger partial charge in [-0.3, -0.25) is 4.79 Å². The standard InChI is InChI=1S/C24H27BrFNO2/c25-20-7-3-5-18(15-20)23(11-13-29-14-12-23)17-27-22(28)24(9-1-2-10-24)19-6-4-8-21(26)16-19/h3-8,15-16H,1-2,9-14,17H2,(H,27,28). The molecule has 0 spiro atoms. The molecule has 4 rings (SSSR count). The molecule has 1 amide bonds. The molecule has 2 aliphatic rings. The van der Waals surface area contributed by atoms with Crippen molar-refractivity contribution in [2.75, 3.05) is 19.8 Å². The molecule has 2 fully saturated rings. The van der Waals surface area contributed by atoms with Crippen molar-refractivity contribution in [1.82, 2.24) is 5.32 Å². The zero-order chi connectivity index (χ0) is 20.3. The molecule has 1 aliphatic heterocycles. The maximum Gasteiger partial charge on any atom is 0.230 e. The van der Waals surface area contributed by atoms with Crippen LogP contribution in [-0.4, -0.2) is 25.7 Å². The Labute approximate surface area is 180 Å². The van der Waals surface area contributed by atoms with Crippen molar-refractivity contribution in [3.05, 3.63) is 69.9 Å². The molecule has 2 aromatic carbocycles. The van der Waals surface area contributed by atoms with Crippen molar-refractivity contribution in [3.8, 4) is 0 Å². The Hall–Kier alpha value is -1.72. The molecule has 5 heteroatoms. The lowest BCUT2D eigenvalue weighted by Gasteiger charge is -2.39. The number of amides is 1. The average molecular weight is 460 g/mol. The number of halogens is 2. The molecule has 1 aliphatic carbocycles. The van der Waals surface area contributed by atoms with Crippen LogP contribution < -0.4 is 5.32 Å². The van der Waals surface area contributed by atoms with E-state index in [1.165, 1.54) is 17.7 Å². The van der Waals surface area contributed by atoms with Crippen molar-refractivity contribution in [1.29, 1.82) is 0 Å². The summed E-state index contributed by atoms with van der Waals surface area (Å²) in [4.78, 5) is 13.5. The second kappa shape index (κ2) is 8.57. The molecule has 0 atom stereocenters. The Morgan fingerprint density at radius 2 is 1.69 bits per heavy atom. The summed E-state index contributed by atoms with van der Waals surface area (Å²) in [6.07, 6.45) is 5.28. The number of carbonyl (C=O) groups is 1. The largest absolute Gasteiger partial charge is 0.381 e. The minimum Gasteiger partial charge on any atom is -0.381 e. The smallest absolute Gasteiger partial charge is 0.230 e. The van der Waals surface area contributed by atoms with E-state index >= 15 is 0 Å². The van der Waals surface area contributed by atoms with E-state index in [2.05, 4.69) is 33.4 Å². The summed E-state index contributed by atoms with van der Waals surface area (Å²) in [7, 11) is 0. The van der Waals surface area contributed by atoms with Crippen molar-refractivity contribution < 1.29 is 13.9 Å². The second-order valence-electron chi connectivity index (χ2n) is 8.39. The maximum atomic E-state index is 13.9. The third-order valence-corrected chi connectivity index (χ3v) is 7.24. The van der Waals surface area contributed by atoms with E-state index in [0.29, 0.717) is 19.8 Å². The maximum absolute atomic E-state index is 13.9. The molecular formula is C24H27BrFNO2. The topological polar surface area (TPSA) is 38.3 Å². The molecule has 0 radical (unpaired) electrons. The van der Waals surface area contributed by atoms with Crippen LogP contribution in [-0.2, 0) is 20.4 Å². The Morgan fingerprint density at radius 1 is 1.00 bits per heavy atom. The van der Waals surface area contributed by atoms with Gasteiger partial charge in [0.25, 0.3) is 0 Å². The molecule has 1 saturated heterocycles. The number of ether oxygens (including phenoxy) is 1. The Bertz CT molecular complexity index is 873. The molecule has 3 nitrogen and oxygen atoms in total. The van der Waals surface area contributed by atoms with E-state index in [4.69, 9.17) is 4.74 Å². The lowest BCUT2D eigenvalue weighted by Crippen LogP contribution is -2.50. The second-order valence-corrected chi connectivity index (χ2v) is 9.30. The van der Waals surface area contributed by atoms with E-state index in [1.807, 2.05) is 18.2 Å². The highest BCUT2D eigenvalue weighted by molar-refractivity contribution is 9.10. The number of nitrogens with one attached hydrogen (secondary N) is 1. The fraction of sp³-hybridized carbons (Fsp3) is 0.458. The van der Waals surface area contributed by atoms with Gasteiger partial charge in [-0.2, -0.15) is 0 Å². The van der Waals surface area contributed by atoms with Gasteiger partial charge < -0.3 is 10.1 Å². The highest BCUT2D eigenvalue weighted by Crippen LogP contribution is 2.42. The predicted octanol–water partition coefficient (Wildman–Crippen LogP) is 5.26. The van der Waals surface area contributed by atoms with E-state index in [0.717, 1.165) is 48.6 Å². The van der Waals surface area contributed by atoms with Crippen LogP contribution in [0.5, 0.6) is 0 Å². The van der Waals surface area contributed by atoms with Crippen LogP contribution in [0.25, 0.3) is 0 Å². The molecule has 29 heavy (non-hydrogen) atoms.